The standard InChI is InChI=1S/C15H17N3O2/c16-13-9-11-5-2-1-4-10(11)8-12(13)15(20)18-7-3-6-14(17)19/h1-2,4-5,8-9H,3,6-7,16H2,(H2,17,19)(H,18,20). The van der Waals surface area contributed by atoms with Gasteiger partial charge in [0.25, 0.3) is 5.91 Å². The molecule has 0 aliphatic heterocycles. The zero-order valence-electron chi connectivity index (χ0n) is 11.1. The van der Waals surface area contributed by atoms with Crippen molar-refractivity contribution in [3.05, 3.63) is 42.0 Å². The van der Waals surface area contributed by atoms with Crippen LogP contribution in [-0.4, -0.2) is 18.4 Å². The van der Waals surface area contributed by atoms with E-state index in [1.165, 1.54) is 0 Å². The Kier molecular flexibility index (Phi) is 4.20. The van der Waals surface area contributed by atoms with Crippen LogP contribution in [0.15, 0.2) is 36.4 Å². The van der Waals surface area contributed by atoms with E-state index in [1.807, 2.05) is 24.3 Å². The number of anilines is 1. The molecule has 0 spiro atoms. The fourth-order valence-corrected chi connectivity index (χ4v) is 2.01. The quantitative estimate of drug-likeness (QED) is 0.566. The number of nitrogen functional groups attached to an aromatic ring is 1. The molecule has 2 aromatic carbocycles. The third-order valence-corrected chi connectivity index (χ3v) is 3.05. The molecule has 0 bridgehead atoms. The van der Waals surface area contributed by atoms with E-state index in [2.05, 4.69) is 5.32 Å². The Morgan fingerprint density at radius 3 is 2.40 bits per heavy atom. The second kappa shape index (κ2) is 6.06. The summed E-state index contributed by atoms with van der Waals surface area (Å²) in [6, 6.07) is 11.3. The normalized spacial score (nSPS) is 10.4. The van der Waals surface area contributed by atoms with E-state index in [-0.39, 0.29) is 18.2 Å². The third kappa shape index (κ3) is 3.26. The zero-order valence-corrected chi connectivity index (χ0v) is 11.1. The predicted molar refractivity (Wildman–Crippen MR) is 79.1 cm³/mol. The summed E-state index contributed by atoms with van der Waals surface area (Å²) in [5.74, 6) is -0.609. The average Bonchev–Trinajstić information content (AvgIpc) is 2.42. The molecule has 0 aromatic heterocycles. The van der Waals surface area contributed by atoms with Crippen molar-refractivity contribution in [2.75, 3.05) is 12.3 Å². The topological polar surface area (TPSA) is 98.2 Å². The molecule has 0 atom stereocenters. The van der Waals surface area contributed by atoms with E-state index in [0.717, 1.165) is 10.8 Å². The summed E-state index contributed by atoms with van der Waals surface area (Å²) in [6.07, 6.45) is 0.780. The van der Waals surface area contributed by atoms with Gasteiger partial charge < -0.3 is 16.8 Å². The van der Waals surface area contributed by atoms with Crippen molar-refractivity contribution in [1.82, 2.24) is 5.32 Å². The van der Waals surface area contributed by atoms with Gasteiger partial charge >= 0.3 is 0 Å². The molecule has 0 saturated carbocycles. The molecule has 5 heteroatoms. The molecule has 0 aliphatic carbocycles. The number of hydrogen-bond donors (Lipinski definition) is 3. The lowest BCUT2D eigenvalue weighted by Crippen LogP contribution is -2.26. The Morgan fingerprint density at radius 2 is 1.75 bits per heavy atom. The number of carbonyl (C=O) groups excluding carboxylic acids is 2. The van der Waals surface area contributed by atoms with Gasteiger partial charge in [-0.05, 0) is 29.3 Å². The Labute approximate surface area is 116 Å². The van der Waals surface area contributed by atoms with Crippen molar-refractivity contribution in [3.63, 3.8) is 0 Å². The molecule has 0 fully saturated rings. The van der Waals surface area contributed by atoms with Crippen LogP contribution in [0.4, 0.5) is 5.69 Å². The van der Waals surface area contributed by atoms with Gasteiger partial charge in [0.15, 0.2) is 0 Å². The highest BCUT2D eigenvalue weighted by molar-refractivity contribution is 6.03. The highest BCUT2D eigenvalue weighted by Gasteiger charge is 2.10. The number of nitrogens with one attached hydrogen (secondary N) is 1. The minimum atomic E-state index is -0.371. The molecule has 2 rings (SSSR count). The molecule has 2 amide bonds. The predicted octanol–water partition coefficient (Wildman–Crippen LogP) is 1.42. The van der Waals surface area contributed by atoms with Crippen molar-refractivity contribution in [2.45, 2.75) is 12.8 Å². The zero-order chi connectivity index (χ0) is 14.5. The van der Waals surface area contributed by atoms with Crippen molar-refractivity contribution >= 4 is 28.3 Å². The highest BCUT2D eigenvalue weighted by Crippen LogP contribution is 2.21. The fourth-order valence-electron chi connectivity index (χ4n) is 2.01. The summed E-state index contributed by atoms with van der Waals surface area (Å²) in [7, 11) is 0. The number of carbonyl (C=O) groups is 2. The van der Waals surface area contributed by atoms with Crippen LogP contribution in [0.1, 0.15) is 23.2 Å². The lowest BCUT2D eigenvalue weighted by molar-refractivity contribution is -0.118. The third-order valence-electron chi connectivity index (χ3n) is 3.05. The smallest absolute Gasteiger partial charge is 0.253 e. The molecule has 5 N–H and O–H groups in total. The van der Waals surface area contributed by atoms with Crippen LogP contribution in [0.25, 0.3) is 10.8 Å². The van der Waals surface area contributed by atoms with Crippen LogP contribution in [0.2, 0.25) is 0 Å². The first-order valence-corrected chi connectivity index (χ1v) is 6.42. The molecular weight excluding hydrogens is 254 g/mol. The first-order chi connectivity index (χ1) is 9.58. The number of benzene rings is 2. The van der Waals surface area contributed by atoms with Gasteiger partial charge in [0.2, 0.25) is 5.91 Å². The van der Waals surface area contributed by atoms with Gasteiger partial charge in [-0.3, -0.25) is 9.59 Å². The Hall–Kier alpha value is -2.56. The number of rotatable bonds is 5. The van der Waals surface area contributed by atoms with Crippen molar-refractivity contribution in [1.29, 1.82) is 0 Å². The van der Waals surface area contributed by atoms with E-state index >= 15 is 0 Å². The molecule has 0 unspecified atom stereocenters. The van der Waals surface area contributed by atoms with Crippen molar-refractivity contribution in [3.8, 4) is 0 Å². The number of hydrogen-bond acceptors (Lipinski definition) is 3. The van der Waals surface area contributed by atoms with Crippen LogP contribution < -0.4 is 16.8 Å². The van der Waals surface area contributed by atoms with E-state index in [0.29, 0.717) is 24.2 Å². The molecule has 2 aromatic rings. The summed E-state index contributed by atoms with van der Waals surface area (Å²) in [6.45, 7) is 0.397. The largest absolute Gasteiger partial charge is 0.398 e. The van der Waals surface area contributed by atoms with Gasteiger partial charge in [-0.1, -0.05) is 24.3 Å². The van der Waals surface area contributed by atoms with Crippen LogP contribution in [0.3, 0.4) is 0 Å². The Bertz CT molecular complexity index is 653. The van der Waals surface area contributed by atoms with Crippen LogP contribution in [-0.2, 0) is 4.79 Å². The Balaban J connectivity index is 2.09. The highest BCUT2D eigenvalue weighted by atomic mass is 16.2. The number of primary amides is 1. The first kappa shape index (κ1) is 13.9. The lowest BCUT2D eigenvalue weighted by atomic mass is 10.0. The van der Waals surface area contributed by atoms with E-state index in [4.69, 9.17) is 11.5 Å². The first-order valence-electron chi connectivity index (χ1n) is 6.42. The van der Waals surface area contributed by atoms with Crippen molar-refractivity contribution < 1.29 is 9.59 Å². The van der Waals surface area contributed by atoms with Crippen molar-refractivity contribution in [2.24, 2.45) is 5.73 Å². The minimum absolute atomic E-state index is 0.238. The van der Waals surface area contributed by atoms with Gasteiger partial charge in [0, 0.05) is 18.7 Å². The molecule has 20 heavy (non-hydrogen) atoms. The van der Waals surface area contributed by atoms with Crippen LogP contribution >= 0.6 is 0 Å². The van der Waals surface area contributed by atoms with Gasteiger partial charge in [-0.15, -0.1) is 0 Å². The SMILES string of the molecule is NC(=O)CCCNC(=O)c1cc2ccccc2cc1N. The molecule has 104 valence electrons. The molecule has 0 aliphatic rings. The lowest BCUT2D eigenvalue weighted by Gasteiger charge is -2.09. The summed E-state index contributed by atoms with van der Waals surface area (Å²) >= 11 is 0. The molecule has 0 saturated heterocycles. The van der Waals surface area contributed by atoms with Gasteiger partial charge in [0.05, 0.1) is 5.56 Å². The molecule has 0 heterocycles. The molecular formula is C15H17N3O2. The second-order valence-corrected chi connectivity index (χ2v) is 4.61. The monoisotopic (exact) mass is 271 g/mol. The van der Waals surface area contributed by atoms with Gasteiger partial charge in [-0.25, -0.2) is 0 Å². The van der Waals surface area contributed by atoms with Crippen LogP contribution in [0.5, 0.6) is 0 Å². The number of fused-ring (bicyclic) bond motifs is 1. The van der Waals surface area contributed by atoms with Gasteiger partial charge in [0.1, 0.15) is 0 Å². The maximum absolute atomic E-state index is 12.0. The Morgan fingerprint density at radius 1 is 1.10 bits per heavy atom. The maximum atomic E-state index is 12.0. The maximum Gasteiger partial charge on any atom is 0.253 e. The van der Waals surface area contributed by atoms with E-state index in [1.54, 1.807) is 12.1 Å². The summed E-state index contributed by atoms with van der Waals surface area (Å²) in [5, 5.41) is 4.69. The average molecular weight is 271 g/mol. The number of amides is 2. The molecule has 5 nitrogen and oxygen atoms in total. The van der Waals surface area contributed by atoms with Crippen LogP contribution in [0, 0.1) is 0 Å². The molecule has 0 radical (unpaired) electrons. The van der Waals surface area contributed by atoms with E-state index in [9.17, 15) is 9.59 Å². The summed E-state index contributed by atoms with van der Waals surface area (Å²) in [4.78, 5) is 22.7. The summed E-state index contributed by atoms with van der Waals surface area (Å²) < 4.78 is 0. The number of nitrogens with two attached hydrogens (primary N) is 2. The van der Waals surface area contributed by atoms with E-state index < -0.39 is 0 Å². The fraction of sp³-hybridized carbons (Fsp3) is 0.200. The minimum Gasteiger partial charge on any atom is -0.398 e. The van der Waals surface area contributed by atoms with Gasteiger partial charge in [-0.2, -0.15) is 0 Å². The summed E-state index contributed by atoms with van der Waals surface area (Å²) in [5.41, 5.74) is 11.8. The second-order valence-electron chi connectivity index (χ2n) is 4.61.